The van der Waals surface area contributed by atoms with E-state index in [1.807, 2.05) is 0 Å². The molecule has 0 aliphatic heterocycles. The van der Waals surface area contributed by atoms with Gasteiger partial charge in [-0.25, -0.2) is 0 Å². The molecule has 1 unspecified atom stereocenters. The predicted molar refractivity (Wildman–Crippen MR) is 163 cm³/mol. The summed E-state index contributed by atoms with van der Waals surface area (Å²) in [6.45, 7) is 0. The molecule has 4 aromatic carbocycles. The highest BCUT2D eigenvalue weighted by molar-refractivity contribution is 5.56. The van der Waals surface area contributed by atoms with Crippen LogP contribution in [0, 0.1) is 5.92 Å². The Morgan fingerprint density at radius 2 is 0.644 bits per heavy atom. The monoisotopic (exact) mass is 612 g/mol. The highest BCUT2D eigenvalue weighted by Gasteiger charge is 2.26. The van der Waals surface area contributed by atoms with Crippen molar-refractivity contribution in [3.8, 4) is 46.0 Å². The molecule has 0 saturated heterocycles. The summed E-state index contributed by atoms with van der Waals surface area (Å²) < 4.78 is 0. The second-order valence-corrected chi connectivity index (χ2v) is 11.8. The van der Waals surface area contributed by atoms with Crippen LogP contribution in [0.15, 0.2) is 71.7 Å². The third kappa shape index (κ3) is 5.70. The van der Waals surface area contributed by atoms with Crippen molar-refractivity contribution in [2.45, 2.75) is 38.5 Å². The van der Waals surface area contributed by atoms with Gasteiger partial charge in [-0.2, -0.15) is 0 Å². The maximum Gasteiger partial charge on any atom is 0.119 e. The third-order valence-corrected chi connectivity index (χ3v) is 8.66. The first-order valence-corrected chi connectivity index (χ1v) is 14.3. The van der Waals surface area contributed by atoms with Crippen LogP contribution in [0.25, 0.3) is 0 Å². The lowest BCUT2D eigenvalue weighted by Gasteiger charge is -2.23. The molecular formula is C35H32O10. The number of allylic oxidation sites excluding steroid dienone is 4. The molecule has 10 N–H and O–H groups in total. The minimum absolute atomic E-state index is 0.0107. The highest BCUT2D eigenvalue weighted by atomic mass is 16.3. The molecule has 11 aliphatic carbocycles. The fraction of sp³-hybridized carbons (Fsp3) is 0.200. The number of aliphatic hydroxyl groups excluding tert-OH is 2. The average Bonchev–Trinajstić information content (AvgIpc) is 2.97. The van der Waals surface area contributed by atoms with Crippen LogP contribution in [0.4, 0.5) is 0 Å². The van der Waals surface area contributed by atoms with Crippen molar-refractivity contribution in [2.24, 2.45) is 5.92 Å². The predicted octanol–water partition coefficient (Wildman–Crippen LogP) is 5.48. The van der Waals surface area contributed by atoms with Crippen LogP contribution in [-0.4, -0.2) is 51.1 Å². The van der Waals surface area contributed by atoms with E-state index in [-0.39, 0.29) is 135 Å². The number of phenols is 8. The number of hydrogen-bond acceptors (Lipinski definition) is 10. The normalized spacial score (nSPS) is 16.6. The van der Waals surface area contributed by atoms with E-state index in [4.69, 9.17) is 0 Å². The quantitative estimate of drug-likeness (QED) is 0.113. The minimum atomic E-state index is -0.618. The molecule has 0 amide bonds. The van der Waals surface area contributed by atoms with Crippen LogP contribution in [0.5, 0.6) is 46.0 Å². The number of aromatic hydroxyl groups is 8. The Bertz CT molecular complexity index is 1920. The average molecular weight is 613 g/mol. The van der Waals surface area contributed by atoms with Gasteiger partial charge in [0.15, 0.2) is 0 Å². The molecule has 4 aromatic rings. The Balaban J connectivity index is 1.46. The second-order valence-electron chi connectivity index (χ2n) is 11.8. The van der Waals surface area contributed by atoms with Gasteiger partial charge < -0.3 is 51.1 Å². The minimum Gasteiger partial charge on any atom is -0.512 e. The van der Waals surface area contributed by atoms with Gasteiger partial charge in [0.1, 0.15) is 46.0 Å². The van der Waals surface area contributed by atoms with Crippen molar-refractivity contribution in [3.63, 3.8) is 0 Å². The fourth-order valence-electron chi connectivity index (χ4n) is 6.07. The van der Waals surface area contributed by atoms with Gasteiger partial charge in [0.25, 0.3) is 0 Å². The van der Waals surface area contributed by atoms with Gasteiger partial charge in [0.05, 0.1) is 11.5 Å². The summed E-state index contributed by atoms with van der Waals surface area (Å²) in [4.78, 5) is 0. The maximum atomic E-state index is 10.8. The van der Waals surface area contributed by atoms with Crippen molar-refractivity contribution in [1.29, 1.82) is 0 Å². The van der Waals surface area contributed by atoms with E-state index in [9.17, 15) is 51.1 Å². The van der Waals surface area contributed by atoms with E-state index < -0.39 is 5.92 Å². The largest absolute Gasteiger partial charge is 0.512 e. The van der Waals surface area contributed by atoms with E-state index in [2.05, 4.69) is 0 Å². The van der Waals surface area contributed by atoms with Crippen molar-refractivity contribution >= 4 is 0 Å². The highest BCUT2D eigenvalue weighted by Crippen LogP contribution is 2.40. The summed E-state index contributed by atoms with van der Waals surface area (Å²) in [5.41, 5.74) is 2.48. The van der Waals surface area contributed by atoms with Gasteiger partial charge in [0, 0.05) is 77.0 Å². The topological polar surface area (TPSA) is 202 Å². The number of benzene rings is 4. The smallest absolute Gasteiger partial charge is 0.119 e. The van der Waals surface area contributed by atoms with E-state index in [0.717, 1.165) is 0 Å². The zero-order valence-electron chi connectivity index (χ0n) is 24.0. The lowest BCUT2D eigenvalue weighted by atomic mass is 9.85. The summed E-state index contributed by atoms with van der Waals surface area (Å²) in [7, 11) is 0. The first kappa shape index (κ1) is 29.4. The molecule has 10 nitrogen and oxygen atoms in total. The first-order valence-electron chi connectivity index (χ1n) is 14.3. The van der Waals surface area contributed by atoms with Crippen molar-refractivity contribution in [3.05, 3.63) is 116 Å². The molecule has 0 aromatic heterocycles. The van der Waals surface area contributed by atoms with E-state index >= 15 is 0 Å². The number of hydrogen-bond donors (Lipinski definition) is 10. The molecule has 10 heteroatoms. The Labute approximate surface area is 257 Å². The number of aliphatic hydroxyl groups is 2. The molecule has 0 saturated carbocycles. The third-order valence-electron chi connectivity index (χ3n) is 8.66. The van der Waals surface area contributed by atoms with Gasteiger partial charge in [-0.05, 0) is 72.2 Å². The molecule has 0 fully saturated rings. The Morgan fingerprint density at radius 1 is 0.356 bits per heavy atom. The first-order chi connectivity index (χ1) is 21.4. The molecule has 15 rings (SSSR count). The number of rotatable bonds is 0. The lowest BCUT2D eigenvalue weighted by molar-refractivity contribution is 0.278. The van der Waals surface area contributed by atoms with Gasteiger partial charge in [-0.1, -0.05) is 0 Å². The van der Waals surface area contributed by atoms with E-state index in [1.165, 1.54) is 54.6 Å². The van der Waals surface area contributed by atoms with Crippen LogP contribution >= 0.6 is 0 Å². The summed E-state index contributed by atoms with van der Waals surface area (Å²) in [6, 6.07) is 10.6. The molecule has 0 heterocycles. The van der Waals surface area contributed by atoms with Gasteiger partial charge in [0.2, 0.25) is 0 Å². The van der Waals surface area contributed by atoms with Gasteiger partial charge >= 0.3 is 0 Å². The fourth-order valence-corrected chi connectivity index (χ4v) is 6.07. The Kier molecular flexibility index (Phi) is 7.28. The molecule has 11 aliphatic rings. The molecule has 0 spiro atoms. The second kappa shape index (κ2) is 11.1. The Morgan fingerprint density at radius 3 is 1.00 bits per heavy atom. The summed E-state index contributed by atoms with van der Waals surface area (Å²) in [5, 5.41) is 108. The van der Waals surface area contributed by atoms with Crippen LogP contribution in [0.1, 0.15) is 50.9 Å². The molecule has 232 valence electrons. The lowest BCUT2D eigenvalue weighted by Crippen LogP contribution is -2.15. The van der Waals surface area contributed by atoms with Crippen LogP contribution in [0.3, 0.4) is 0 Å². The Hall–Kier alpha value is -5.64. The summed E-state index contributed by atoms with van der Waals surface area (Å²) >= 11 is 0. The standard InChI is InChI=1S/C35H32O10/c36-26-8-18-2-20-10-32(42)22(12-30(20)40)4-24-14-35(45)25(15-34(24)44)5-23-13-31(41)21(11-33(23)43)3-19-9-27(37)17(7-29(19)39)1-16(26)6-28(18)38/h6-14,25,36-45H,1-5,15H2. The molecular weight excluding hydrogens is 580 g/mol. The van der Waals surface area contributed by atoms with Crippen LogP contribution in [-0.2, 0) is 32.1 Å². The van der Waals surface area contributed by atoms with Crippen molar-refractivity contribution < 1.29 is 51.1 Å². The van der Waals surface area contributed by atoms with Gasteiger partial charge in [-0.3, -0.25) is 0 Å². The van der Waals surface area contributed by atoms with E-state index in [1.54, 1.807) is 0 Å². The summed E-state index contributed by atoms with van der Waals surface area (Å²) in [6.07, 6.45) is 1.33. The van der Waals surface area contributed by atoms with Crippen molar-refractivity contribution in [1.82, 2.24) is 0 Å². The molecule has 45 heavy (non-hydrogen) atoms. The number of phenolic OH excluding ortho intramolecular Hbond substituents is 8. The maximum absolute atomic E-state index is 10.8. The molecule has 1 atom stereocenters. The zero-order valence-corrected chi connectivity index (χ0v) is 24.0. The van der Waals surface area contributed by atoms with E-state index in [0.29, 0.717) is 11.1 Å². The molecule has 0 radical (unpaired) electrons. The van der Waals surface area contributed by atoms with Crippen LogP contribution in [0.2, 0.25) is 0 Å². The zero-order chi connectivity index (χ0) is 32.2. The van der Waals surface area contributed by atoms with Crippen molar-refractivity contribution in [2.75, 3.05) is 0 Å². The SMILES string of the molecule is OC1=CC2=C(O)CC1Cc1cc(O)c(cc1O)Cc1cc(O)c(cc1O)Cc1cc(O)c(cc1O)Cc1cc(O)c(cc1O)C2. The summed E-state index contributed by atoms with van der Waals surface area (Å²) in [5.74, 6) is -2.31. The van der Waals surface area contributed by atoms with Crippen LogP contribution < -0.4 is 0 Å². The molecule has 10 bridgehead atoms. The van der Waals surface area contributed by atoms with Gasteiger partial charge in [-0.15, -0.1) is 0 Å².